The highest BCUT2D eigenvalue weighted by atomic mass is 16.1. The van der Waals surface area contributed by atoms with Gasteiger partial charge in [-0.05, 0) is 39.7 Å². The van der Waals surface area contributed by atoms with Gasteiger partial charge in [0.25, 0.3) is 0 Å². The lowest BCUT2D eigenvalue weighted by atomic mass is 10.1. The molecule has 1 aromatic heterocycles. The first-order valence-corrected chi connectivity index (χ1v) is 8.00. The van der Waals surface area contributed by atoms with Crippen molar-refractivity contribution >= 4 is 18.1 Å². The van der Waals surface area contributed by atoms with Crippen LogP contribution < -0.4 is 10.2 Å². The zero-order chi connectivity index (χ0) is 17.4. The Balaban J connectivity index is 0.00000127. The van der Waals surface area contributed by atoms with Crippen molar-refractivity contribution in [2.24, 2.45) is 4.99 Å². The second-order valence-corrected chi connectivity index (χ2v) is 5.28. The molecule has 6 heteroatoms. The zero-order valence-electron chi connectivity index (χ0n) is 15.0. The summed E-state index contributed by atoms with van der Waals surface area (Å²) in [4.78, 5) is 25.9. The Morgan fingerprint density at radius 1 is 1.35 bits per heavy atom. The Bertz CT molecular complexity index is 607. The minimum absolute atomic E-state index is 0.608. The lowest BCUT2D eigenvalue weighted by Crippen LogP contribution is -2.33. The van der Waals surface area contributed by atoms with Gasteiger partial charge in [0.05, 0.1) is 12.2 Å². The van der Waals surface area contributed by atoms with E-state index in [1.807, 2.05) is 33.9 Å². The SMILES string of the molecule is CC.CC(=NC1=C(C)CCN(c2nc(C)ncc2C)C1)NC=O. The number of nitrogens with zero attached hydrogens (tertiary/aromatic N) is 4. The van der Waals surface area contributed by atoms with E-state index in [0.717, 1.165) is 35.9 Å². The van der Waals surface area contributed by atoms with Gasteiger partial charge in [-0.15, -0.1) is 0 Å². The third kappa shape index (κ3) is 5.16. The minimum atomic E-state index is 0.608. The van der Waals surface area contributed by atoms with Gasteiger partial charge >= 0.3 is 0 Å². The lowest BCUT2D eigenvalue weighted by molar-refractivity contribution is -0.108. The predicted octanol–water partition coefficient (Wildman–Crippen LogP) is 2.77. The Labute approximate surface area is 138 Å². The van der Waals surface area contributed by atoms with Crippen LogP contribution >= 0.6 is 0 Å². The van der Waals surface area contributed by atoms with Gasteiger partial charge in [-0.2, -0.15) is 0 Å². The van der Waals surface area contributed by atoms with E-state index in [1.54, 1.807) is 6.92 Å². The van der Waals surface area contributed by atoms with Gasteiger partial charge in [0.1, 0.15) is 17.5 Å². The van der Waals surface area contributed by atoms with Crippen molar-refractivity contribution < 1.29 is 4.79 Å². The summed E-state index contributed by atoms with van der Waals surface area (Å²) >= 11 is 0. The van der Waals surface area contributed by atoms with Crippen LogP contribution in [0.2, 0.25) is 0 Å². The molecule has 0 spiro atoms. The first kappa shape index (κ1) is 18.8. The monoisotopic (exact) mass is 317 g/mol. The van der Waals surface area contributed by atoms with Crippen molar-refractivity contribution in [3.63, 3.8) is 0 Å². The van der Waals surface area contributed by atoms with Crippen LogP contribution in [-0.2, 0) is 4.79 Å². The first-order chi connectivity index (χ1) is 11.0. The largest absolute Gasteiger partial charge is 0.350 e. The molecule has 0 fully saturated rings. The van der Waals surface area contributed by atoms with Crippen molar-refractivity contribution in [2.45, 2.75) is 48.0 Å². The molecule has 0 bridgehead atoms. The number of aromatic nitrogens is 2. The number of carbonyl (C=O) groups excluding carboxylic acids is 1. The molecule has 1 aromatic rings. The number of anilines is 1. The molecule has 2 heterocycles. The summed E-state index contributed by atoms with van der Waals surface area (Å²) in [6.07, 6.45) is 3.44. The Kier molecular flexibility index (Phi) is 7.38. The van der Waals surface area contributed by atoms with Gasteiger partial charge in [0.2, 0.25) is 6.41 Å². The van der Waals surface area contributed by atoms with Crippen molar-refractivity contribution in [1.29, 1.82) is 0 Å². The standard InChI is InChI=1S/C15H21N5O.C2H6/c1-10-5-6-20(8-14(10)18-13(4)17-9-21)15-11(2)7-16-12(3)19-15;1-2/h7,9H,5-6,8H2,1-4H3,(H,17,18,21);1-2H3. The molecule has 0 aliphatic carbocycles. The number of amides is 1. The quantitative estimate of drug-likeness (QED) is 0.529. The number of nitrogens with one attached hydrogen (secondary N) is 1. The molecule has 1 aliphatic rings. The van der Waals surface area contributed by atoms with Crippen LogP contribution in [0.1, 0.15) is 45.5 Å². The molecule has 0 radical (unpaired) electrons. The average molecular weight is 317 g/mol. The zero-order valence-corrected chi connectivity index (χ0v) is 15.0. The molecule has 0 saturated heterocycles. The van der Waals surface area contributed by atoms with E-state index < -0.39 is 0 Å². The number of carbonyl (C=O) groups is 1. The first-order valence-electron chi connectivity index (χ1n) is 8.00. The molecule has 1 amide bonds. The van der Waals surface area contributed by atoms with Crippen LogP contribution in [0.3, 0.4) is 0 Å². The van der Waals surface area contributed by atoms with Gasteiger partial charge in [0.15, 0.2) is 0 Å². The second kappa shape index (κ2) is 9.02. The van der Waals surface area contributed by atoms with E-state index >= 15 is 0 Å². The maximum atomic E-state index is 10.5. The van der Waals surface area contributed by atoms with Crippen LogP contribution in [0.25, 0.3) is 0 Å². The van der Waals surface area contributed by atoms with Gasteiger partial charge < -0.3 is 10.2 Å². The molecular weight excluding hydrogens is 290 g/mol. The molecule has 1 aliphatic heterocycles. The molecule has 1 N–H and O–H groups in total. The van der Waals surface area contributed by atoms with Crippen molar-refractivity contribution in [3.8, 4) is 0 Å². The minimum Gasteiger partial charge on any atom is -0.350 e. The molecule has 126 valence electrons. The summed E-state index contributed by atoms with van der Waals surface area (Å²) in [5, 5.41) is 2.58. The Hall–Kier alpha value is -2.24. The highest BCUT2D eigenvalue weighted by molar-refractivity contribution is 5.89. The van der Waals surface area contributed by atoms with Crippen molar-refractivity contribution in [3.05, 3.63) is 28.9 Å². The summed E-state index contributed by atoms with van der Waals surface area (Å²) < 4.78 is 0. The Morgan fingerprint density at radius 3 is 2.70 bits per heavy atom. The van der Waals surface area contributed by atoms with E-state index in [-0.39, 0.29) is 0 Å². The van der Waals surface area contributed by atoms with E-state index in [1.165, 1.54) is 5.57 Å². The van der Waals surface area contributed by atoms with Crippen LogP contribution in [0.5, 0.6) is 0 Å². The predicted molar refractivity (Wildman–Crippen MR) is 94.7 cm³/mol. The number of amidine groups is 1. The van der Waals surface area contributed by atoms with Gasteiger partial charge in [-0.3, -0.25) is 4.79 Å². The number of rotatable bonds is 3. The second-order valence-electron chi connectivity index (χ2n) is 5.28. The maximum absolute atomic E-state index is 10.5. The number of hydrogen-bond donors (Lipinski definition) is 1. The maximum Gasteiger partial charge on any atom is 0.212 e. The van der Waals surface area contributed by atoms with Gasteiger partial charge in [-0.1, -0.05) is 13.8 Å². The topological polar surface area (TPSA) is 70.5 Å². The highest BCUT2D eigenvalue weighted by Gasteiger charge is 2.19. The van der Waals surface area contributed by atoms with Gasteiger partial charge in [0, 0.05) is 18.3 Å². The molecule has 0 unspecified atom stereocenters. The average Bonchev–Trinajstić information content (AvgIpc) is 2.54. The Morgan fingerprint density at radius 2 is 2.04 bits per heavy atom. The molecule has 23 heavy (non-hydrogen) atoms. The molecule has 0 atom stereocenters. The summed E-state index contributed by atoms with van der Waals surface area (Å²) in [5.41, 5.74) is 3.30. The molecule has 6 nitrogen and oxygen atoms in total. The highest BCUT2D eigenvalue weighted by Crippen LogP contribution is 2.25. The van der Waals surface area contributed by atoms with Crippen LogP contribution in [0.15, 0.2) is 22.5 Å². The molecular formula is C17H27N5O. The van der Waals surface area contributed by atoms with E-state index in [0.29, 0.717) is 18.8 Å². The van der Waals surface area contributed by atoms with Gasteiger partial charge in [-0.25, -0.2) is 15.0 Å². The number of aliphatic imine (C=N–C) groups is 1. The van der Waals surface area contributed by atoms with Crippen molar-refractivity contribution in [1.82, 2.24) is 15.3 Å². The van der Waals surface area contributed by atoms with Crippen LogP contribution in [0, 0.1) is 13.8 Å². The third-order valence-corrected chi connectivity index (χ3v) is 3.53. The van der Waals surface area contributed by atoms with Crippen LogP contribution in [0.4, 0.5) is 5.82 Å². The number of aryl methyl sites for hydroxylation is 2. The molecule has 0 aromatic carbocycles. The summed E-state index contributed by atoms with van der Waals surface area (Å²) in [7, 11) is 0. The fourth-order valence-electron chi connectivity index (χ4n) is 2.31. The number of hydrogen-bond acceptors (Lipinski definition) is 5. The summed E-state index contributed by atoms with van der Waals surface area (Å²) in [6, 6.07) is 0. The lowest BCUT2D eigenvalue weighted by Gasteiger charge is -2.30. The van der Waals surface area contributed by atoms with Crippen molar-refractivity contribution in [2.75, 3.05) is 18.0 Å². The van der Waals surface area contributed by atoms with E-state index in [4.69, 9.17) is 0 Å². The summed E-state index contributed by atoms with van der Waals surface area (Å²) in [6.45, 7) is 13.4. The molecule has 2 rings (SSSR count). The smallest absolute Gasteiger partial charge is 0.212 e. The van der Waals surface area contributed by atoms with E-state index in [9.17, 15) is 4.79 Å². The molecule has 0 saturated carbocycles. The van der Waals surface area contributed by atoms with Crippen LogP contribution in [-0.4, -0.2) is 35.3 Å². The van der Waals surface area contributed by atoms with E-state index in [2.05, 4.69) is 32.1 Å². The summed E-state index contributed by atoms with van der Waals surface area (Å²) in [5.74, 6) is 2.34. The fraction of sp³-hybridized carbons (Fsp3) is 0.529. The normalized spacial score (nSPS) is 15.0. The fourth-order valence-corrected chi connectivity index (χ4v) is 2.31. The third-order valence-electron chi connectivity index (χ3n) is 3.53.